The maximum absolute atomic E-state index is 12.3. The van der Waals surface area contributed by atoms with E-state index >= 15 is 0 Å². The van der Waals surface area contributed by atoms with Gasteiger partial charge >= 0.3 is 0 Å². The molecule has 0 unspecified atom stereocenters. The number of carbonyl (C=O) groups is 1. The lowest BCUT2D eigenvalue weighted by Gasteiger charge is -2.08. The smallest absolute Gasteiger partial charge is 0.264 e. The van der Waals surface area contributed by atoms with Crippen molar-refractivity contribution in [3.05, 3.63) is 54.4 Å². The van der Waals surface area contributed by atoms with E-state index < -0.39 is 15.9 Å². The van der Waals surface area contributed by atoms with Gasteiger partial charge in [-0.25, -0.2) is 13.1 Å². The number of ether oxygens (including phenoxy) is 1. The second-order valence-corrected chi connectivity index (χ2v) is 7.07. The van der Waals surface area contributed by atoms with E-state index in [0.717, 1.165) is 5.56 Å². The summed E-state index contributed by atoms with van der Waals surface area (Å²) in [5.74, 6) is -0.370. The van der Waals surface area contributed by atoms with Crippen LogP contribution in [-0.2, 0) is 14.8 Å². The minimum atomic E-state index is -3.90. The Morgan fingerprint density at radius 1 is 1.30 bits per heavy atom. The molecule has 1 aliphatic rings. The average Bonchev–Trinajstić information content (AvgIpc) is 3.36. The number of rotatable bonds is 5. The van der Waals surface area contributed by atoms with Crippen molar-refractivity contribution in [2.75, 3.05) is 7.11 Å². The topological polar surface area (TPSA) is 85.4 Å². The maximum atomic E-state index is 12.3. The fourth-order valence-electron chi connectivity index (χ4n) is 2.48. The molecule has 1 aromatic heterocycles. The molecule has 6 nitrogen and oxygen atoms in total. The molecule has 23 heavy (non-hydrogen) atoms. The largest absolute Gasteiger partial charge is 0.497 e. The molecular formula is C16H16N2O4S. The highest BCUT2D eigenvalue weighted by Crippen LogP contribution is 2.47. The summed E-state index contributed by atoms with van der Waals surface area (Å²) < 4.78 is 31.7. The lowest BCUT2D eigenvalue weighted by Crippen LogP contribution is -2.32. The van der Waals surface area contributed by atoms with Crippen LogP contribution < -0.4 is 9.46 Å². The molecule has 0 bridgehead atoms. The highest BCUT2D eigenvalue weighted by Gasteiger charge is 2.45. The number of pyridine rings is 1. The zero-order valence-electron chi connectivity index (χ0n) is 12.5. The Labute approximate surface area is 134 Å². The lowest BCUT2D eigenvalue weighted by atomic mass is 10.1. The van der Waals surface area contributed by atoms with Crippen LogP contribution in [0.25, 0.3) is 0 Å². The molecule has 1 heterocycles. The minimum Gasteiger partial charge on any atom is -0.497 e. The predicted molar refractivity (Wildman–Crippen MR) is 83.4 cm³/mol. The Balaban J connectivity index is 1.70. The molecule has 1 saturated carbocycles. The van der Waals surface area contributed by atoms with Gasteiger partial charge in [0.05, 0.1) is 12.0 Å². The van der Waals surface area contributed by atoms with Gasteiger partial charge < -0.3 is 4.74 Å². The third-order valence-electron chi connectivity index (χ3n) is 3.83. The van der Waals surface area contributed by atoms with Crippen LogP contribution in [0.2, 0.25) is 0 Å². The Morgan fingerprint density at radius 3 is 2.83 bits per heavy atom. The van der Waals surface area contributed by atoms with Crippen LogP contribution >= 0.6 is 0 Å². The van der Waals surface area contributed by atoms with Crippen LogP contribution in [0.15, 0.2) is 53.7 Å². The van der Waals surface area contributed by atoms with Crippen molar-refractivity contribution in [3.8, 4) is 5.75 Å². The van der Waals surface area contributed by atoms with Crippen molar-refractivity contribution in [1.29, 1.82) is 0 Å². The number of aromatic nitrogens is 1. The molecule has 120 valence electrons. The van der Waals surface area contributed by atoms with E-state index in [2.05, 4.69) is 9.71 Å². The van der Waals surface area contributed by atoms with E-state index in [1.165, 1.54) is 19.2 Å². The molecule has 3 rings (SSSR count). The van der Waals surface area contributed by atoms with Crippen molar-refractivity contribution in [2.24, 2.45) is 5.92 Å². The minimum absolute atomic E-state index is 0.00350. The van der Waals surface area contributed by atoms with E-state index in [4.69, 9.17) is 4.74 Å². The normalized spacial score (nSPS) is 19.9. The van der Waals surface area contributed by atoms with Gasteiger partial charge in [0.15, 0.2) is 0 Å². The molecule has 2 aromatic rings. The zero-order valence-corrected chi connectivity index (χ0v) is 13.3. The van der Waals surface area contributed by atoms with E-state index in [0.29, 0.717) is 12.2 Å². The number of hydrogen-bond donors (Lipinski definition) is 1. The maximum Gasteiger partial charge on any atom is 0.264 e. The third kappa shape index (κ3) is 3.34. The van der Waals surface area contributed by atoms with Crippen molar-refractivity contribution in [3.63, 3.8) is 0 Å². The molecule has 1 amide bonds. The summed E-state index contributed by atoms with van der Waals surface area (Å²) in [5, 5.41) is 0. The van der Waals surface area contributed by atoms with Crippen LogP contribution in [-0.4, -0.2) is 26.4 Å². The number of hydrogen-bond acceptors (Lipinski definition) is 5. The van der Waals surface area contributed by atoms with Crippen molar-refractivity contribution in [1.82, 2.24) is 9.71 Å². The third-order valence-corrected chi connectivity index (χ3v) is 5.17. The first-order valence-electron chi connectivity index (χ1n) is 7.12. The van der Waals surface area contributed by atoms with Gasteiger partial charge in [0.2, 0.25) is 5.91 Å². The van der Waals surface area contributed by atoms with Crippen LogP contribution in [0.4, 0.5) is 0 Å². The Bertz CT molecular complexity index is 821. The number of nitrogens with zero attached hydrogens (tertiary/aromatic N) is 1. The van der Waals surface area contributed by atoms with Gasteiger partial charge in [0.25, 0.3) is 10.0 Å². The molecular weight excluding hydrogens is 316 g/mol. The van der Waals surface area contributed by atoms with E-state index in [-0.39, 0.29) is 16.7 Å². The lowest BCUT2D eigenvalue weighted by molar-refractivity contribution is -0.120. The predicted octanol–water partition coefficient (Wildman–Crippen LogP) is 1.70. The highest BCUT2D eigenvalue weighted by molar-refractivity contribution is 7.90. The van der Waals surface area contributed by atoms with Gasteiger partial charge in [-0.2, -0.15) is 0 Å². The number of carbonyl (C=O) groups excluding carboxylic acids is 1. The van der Waals surface area contributed by atoms with Crippen LogP contribution in [0.1, 0.15) is 17.9 Å². The van der Waals surface area contributed by atoms with Crippen LogP contribution in [0.3, 0.4) is 0 Å². The molecule has 1 fully saturated rings. The molecule has 1 N–H and O–H groups in total. The second kappa shape index (κ2) is 6.00. The van der Waals surface area contributed by atoms with Crippen LogP contribution in [0.5, 0.6) is 5.75 Å². The zero-order chi connectivity index (χ0) is 16.4. The Kier molecular flexibility index (Phi) is 4.04. The van der Waals surface area contributed by atoms with Gasteiger partial charge in [0, 0.05) is 24.4 Å². The molecule has 0 saturated heterocycles. The Hall–Kier alpha value is -2.41. The van der Waals surface area contributed by atoms with E-state index in [9.17, 15) is 13.2 Å². The molecule has 0 aliphatic heterocycles. The number of nitrogens with one attached hydrogen (secondary N) is 1. The van der Waals surface area contributed by atoms with Gasteiger partial charge in [-0.3, -0.25) is 9.78 Å². The first kappa shape index (κ1) is 15.5. The molecule has 1 aliphatic carbocycles. The summed E-state index contributed by atoms with van der Waals surface area (Å²) in [6.45, 7) is 0. The number of methoxy groups -OCH3 is 1. The van der Waals surface area contributed by atoms with Gasteiger partial charge in [-0.15, -0.1) is 0 Å². The summed E-state index contributed by atoms with van der Waals surface area (Å²) >= 11 is 0. The number of sulfonamides is 1. The fourth-order valence-corrected chi connectivity index (χ4v) is 3.55. The monoisotopic (exact) mass is 332 g/mol. The quantitative estimate of drug-likeness (QED) is 0.901. The molecule has 1 aromatic carbocycles. The molecule has 0 radical (unpaired) electrons. The fraction of sp³-hybridized carbons (Fsp3) is 0.250. The summed E-state index contributed by atoms with van der Waals surface area (Å²) in [6.07, 6.45) is 3.99. The summed E-state index contributed by atoms with van der Waals surface area (Å²) in [5.41, 5.74) is 0.950. The molecule has 7 heteroatoms. The Morgan fingerprint density at radius 2 is 2.13 bits per heavy atom. The highest BCUT2D eigenvalue weighted by atomic mass is 32.2. The first-order chi connectivity index (χ1) is 11.0. The van der Waals surface area contributed by atoms with Gasteiger partial charge in [0.1, 0.15) is 5.75 Å². The molecule has 0 spiro atoms. The average molecular weight is 332 g/mol. The molecule has 2 atom stereocenters. The summed E-state index contributed by atoms with van der Waals surface area (Å²) in [4.78, 5) is 16.2. The van der Waals surface area contributed by atoms with Crippen molar-refractivity contribution in [2.45, 2.75) is 17.2 Å². The van der Waals surface area contributed by atoms with Gasteiger partial charge in [-0.05, 0) is 36.1 Å². The van der Waals surface area contributed by atoms with Crippen molar-refractivity contribution < 1.29 is 17.9 Å². The number of amides is 1. The van der Waals surface area contributed by atoms with Gasteiger partial charge in [-0.1, -0.05) is 12.1 Å². The second-order valence-electron chi connectivity index (χ2n) is 5.38. The summed E-state index contributed by atoms with van der Waals surface area (Å²) in [7, 11) is -2.45. The van der Waals surface area contributed by atoms with E-state index in [1.54, 1.807) is 30.6 Å². The van der Waals surface area contributed by atoms with Crippen LogP contribution in [0, 0.1) is 5.92 Å². The van der Waals surface area contributed by atoms with Crippen molar-refractivity contribution >= 4 is 15.9 Å². The van der Waals surface area contributed by atoms with E-state index in [1.807, 2.05) is 6.07 Å². The first-order valence-corrected chi connectivity index (χ1v) is 8.60. The SMILES string of the molecule is COc1cccc(S(=O)(=O)NC(=O)[C@H]2C[C@H]2c2cccnc2)c1. The summed E-state index contributed by atoms with van der Waals surface area (Å²) in [6, 6.07) is 9.69. The standard InChI is InChI=1S/C16H16N2O4S/c1-22-12-5-2-6-13(8-12)23(20,21)18-16(19)15-9-14(15)11-4-3-7-17-10-11/h2-8,10,14-15H,9H2,1H3,(H,18,19)/t14-,15-/m0/s1. The number of benzene rings is 1.